The van der Waals surface area contributed by atoms with Gasteiger partial charge >= 0.3 is 0 Å². The highest BCUT2D eigenvalue weighted by Crippen LogP contribution is 2.41. The average molecular weight is 251 g/mol. The first-order valence-electron chi connectivity index (χ1n) is 7.50. The van der Waals surface area contributed by atoms with Crippen LogP contribution < -0.4 is 5.73 Å². The zero-order valence-electron chi connectivity index (χ0n) is 12.4. The Balaban J connectivity index is 1.91. The van der Waals surface area contributed by atoms with Crippen LogP contribution in [0.2, 0.25) is 0 Å². The van der Waals surface area contributed by atoms with Gasteiger partial charge in [0, 0.05) is 6.54 Å². The molecule has 0 aromatic carbocycles. The van der Waals surface area contributed by atoms with E-state index in [1.807, 2.05) is 0 Å². The van der Waals surface area contributed by atoms with E-state index in [9.17, 15) is 0 Å². The van der Waals surface area contributed by atoms with Crippen LogP contribution in [0.15, 0.2) is 4.99 Å². The minimum atomic E-state index is 0.473. The van der Waals surface area contributed by atoms with Crippen molar-refractivity contribution >= 4 is 5.96 Å². The van der Waals surface area contributed by atoms with Crippen molar-refractivity contribution in [1.82, 2.24) is 4.90 Å². The molecule has 1 saturated carbocycles. The van der Waals surface area contributed by atoms with Crippen molar-refractivity contribution in [2.24, 2.45) is 28.0 Å². The fourth-order valence-electron chi connectivity index (χ4n) is 3.72. The smallest absolute Gasteiger partial charge is 0.191 e. The highest BCUT2D eigenvalue weighted by molar-refractivity contribution is 5.80. The first-order chi connectivity index (χ1) is 8.43. The second kappa shape index (κ2) is 5.10. The molecule has 3 nitrogen and oxygen atoms in total. The maximum absolute atomic E-state index is 5.96. The minimum absolute atomic E-state index is 0.473. The summed E-state index contributed by atoms with van der Waals surface area (Å²) in [5.41, 5.74) is 6.43. The molecule has 0 aromatic heterocycles. The summed E-state index contributed by atoms with van der Waals surface area (Å²) < 4.78 is 0. The van der Waals surface area contributed by atoms with Gasteiger partial charge in [-0.25, -0.2) is 0 Å². The number of hydrogen-bond acceptors (Lipinski definition) is 3. The third-order valence-electron chi connectivity index (χ3n) is 5.02. The Morgan fingerprint density at radius 3 is 2.33 bits per heavy atom. The van der Waals surface area contributed by atoms with E-state index >= 15 is 0 Å². The quantitative estimate of drug-likeness (QED) is 0.820. The third-order valence-corrected chi connectivity index (χ3v) is 5.02. The Hall–Kier alpha value is -0.730. The predicted octanol–water partition coefficient (Wildman–Crippen LogP) is 2.86. The van der Waals surface area contributed by atoms with Gasteiger partial charge in [0.05, 0.1) is 12.6 Å². The molecule has 3 heteroatoms. The van der Waals surface area contributed by atoms with Crippen LogP contribution in [-0.2, 0) is 0 Å². The summed E-state index contributed by atoms with van der Waals surface area (Å²) in [5, 5.41) is 0. The second-order valence-corrected chi connectivity index (χ2v) is 7.03. The standard InChI is InChI=1S/C15H29N3/c1-5-18-13(10-17-14(18)16)11-6-8-12(9-7-11)15(2,3)4/h11-13H,5-10H2,1-4H3,(H2,16,17). The Morgan fingerprint density at radius 1 is 1.22 bits per heavy atom. The number of likely N-dealkylation sites (N-methyl/N-ethyl adjacent to an activating group) is 1. The maximum Gasteiger partial charge on any atom is 0.191 e. The Morgan fingerprint density at radius 2 is 1.83 bits per heavy atom. The van der Waals surface area contributed by atoms with Gasteiger partial charge in [0.15, 0.2) is 5.96 Å². The van der Waals surface area contributed by atoms with E-state index in [4.69, 9.17) is 5.73 Å². The second-order valence-electron chi connectivity index (χ2n) is 7.03. The van der Waals surface area contributed by atoms with Gasteiger partial charge in [-0.15, -0.1) is 0 Å². The van der Waals surface area contributed by atoms with Crippen LogP contribution in [0.25, 0.3) is 0 Å². The summed E-state index contributed by atoms with van der Waals surface area (Å²) in [7, 11) is 0. The molecular formula is C15H29N3. The van der Waals surface area contributed by atoms with Gasteiger partial charge in [0.1, 0.15) is 0 Å². The topological polar surface area (TPSA) is 41.6 Å². The Bertz CT molecular complexity index is 308. The van der Waals surface area contributed by atoms with Crippen LogP contribution >= 0.6 is 0 Å². The van der Waals surface area contributed by atoms with E-state index in [1.165, 1.54) is 25.7 Å². The number of aliphatic imine (C=N–C) groups is 1. The van der Waals surface area contributed by atoms with Crippen molar-refractivity contribution in [3.8, 4) is 0 Å². The Kier molecular flexibility index (Phi) is 3.88. The average Bonchev–Trinajstić information content (AvgIpc) is 2.69. The predicted molar refractivity (Wildman–Crippen MR) is 77.6 cm³/mol. The fraction of sp³-hybridized carbons (Fsp3) is 0.933. The maximum atomic E-state index is 5.96. The van der Waals surface area contributed by atoms with E-state index in [2.05, 4.69) is 37.6 Å². The summed E-state index contributed by atoms with van der Waals surface area (Å²) in [6.45, 7) is 11.2. The molecule has 2 rings (SSSR count). The third kappa shape index (κ3) is 2.65. The van der Waals surface area contributed by atoms with Crippen molar-refractivity contribution in [2.75, 3.05) is 13.1 Å². The normalized spacial score (nSPS) is 33.7. The number of guanidine groups is 1. The van der Waals surface area contributed by atoms with Crippen LogP contribution in [0.1, 0.15) is 53.4 Å². The van der Waals surface area contributed by atoms with E-state index in [0.29, 0.717) is 11.5 Å². The van der Waals surface area contributed by atoms with Crippen LogP contribution in [0.4, 0.5) is 0 Å². The molecule has 1 atom stereocenters. The number of hydrogen-bond donors (Lipinski definition) is 1. The summed E-state index contributed by atoms with van der Waals surface area (Å²) in [6, 6.07) is 0.580. The molecule has 2 aliphatic rings. The minimum Gasteiger partial charge on any atom is -0.370 e. The van der Waals surface area contributed by atoms with Crippen LogP contribution in [0.3, 0.4) is 0 Å². The molecule has 1 aliphatic carbocycles. The molecule has 2 N–H and O–H groups in total. The molecule has 0 radical (unpaired) electrons. The van der Waals surface area contributed by atoms with Crippen molar-refractivity contribution in [2.45, 2.75) is 59.4 Å². The van der Waals surface area contributed by atoms with E-state index in [1.54, 1.807) is 0 Å². The lowest BCUT2D eigenvalue weighted by Crippen LogP contribution is -2.45. The van der Waals surface area contributed by atoms with Gasteiger partial charge in [-0.1, -0.05) is 20.8 Å². The summed E-state index contributed by atoms with van der Waals surface area (Å²) >= 11 is 0. The molecule has 1 fully saturated rings. The summed E-state index contributed by atoms with van der Waals surface area (Å²) in [6.07, 6.45) is 5.46. The fourth-order valence-corrected chi connectivity index (χ4v) is 3.72. The van der Waals surface area contributed by atoms with Crippen molar-refractivity contribution in [3.05, 3.63) is 0 Å². The van der Waals surface area contributed by atoms with Gasteiger partial charge in [-0.2, -0.15) is 0 Å². The van der Waals surface area contributed by atoms with Crippen LogP contribution in [0.5, 0.6) is 0 Å². The zero-order valence-corrected chi connectivity index (χ0v) is 12.4. The van der Waals surface area contributed by atoms with Crippen molar-refractivity contribution in [3.63, 3.8) is 0 Å². The molecule has 1 unspecified atom stereocenters. The molecule has 1 aliphatic heterocycles. The lowest BCUT2D eigenvalue weighted by Gasteiger charge is -2.40. The largest absolute Gasteiger partial charge is 0.370 e. The molecule has 18 heavy (non-hydrogen) atoms. The van der Waals surface area contributed by atoms with E-state index in [0.717, 1.165) is 30.9 Å². The SMILES string of the molecule is CCN1C(N)=NCC1C1CCC(C(C)(C)C)CC1. The molecule has 0 spiro atoms. The Labute approximate surface area is 112 Å². The molecule has 0 amide bonds. The summed E-state index contributed by atoms with van der Waals surface area (Å²) in [5.74, 6) is 2.46. The van der Waals surface area contributed by atoms with Gasteiger partial charge in [0.25, 0.3) is 0 Å². The first kappa shape index (κ1) is 13.7. The lowest BCUT2D eigenvalue weighted by atomic mass is 9.68. The van der Waals surface area contributed by atoms with Crippen molar-refractivity contribution < 1.29 is 0 Å². The van der Waals surface area contributed by atoms with E-state index in [-0.39, 0.29) is 0 Å². The molecule has 104 valence electrons. The highest BCUT2D eigenvalue weighted by Gasteiger charge is 2.36. The summed E-state index contributed by atoms with van der Waals surface area (Å²) in [4.78, 5) is 6.74. The highest BCUT2D eigenvalue weighted by atomic mass is 15.3. The van der Waals surface area contributed by atoms with Gasteiger partial charge in [-0.05, 0) is 49.9 Å². The molecular weight excluding hydrogens is 222 g/mol. The molecule has 1 heterocycles. The number of nitrogens with two attached hydrogens (primary N) is 1. The number of rotatable bonds is 2. The molecule has 0 bridgehead atoms. The van der Waals surface area contributed by atoms with Gasteiger partial charge in [-0.3, -0.25) is 4.99 Å². The monoisotopic (exact) mass is 251 g/mol. The first-order valence-corrected chi connectivity index (χ1v) is 7.50. The lowest BCUT2D eigenvalue weighted by molar-refractivity contribution is 0.117. The molecule has 0 aromatic rings. The number of nitrogens with zero attached hydrogens (tertiary/aromatic N) is 2. The zero-order chi connectivity index (χ0) is 13.3. The van der Waals surface area contributed by atoms with Crippen LogP contribution in [-0.4, -0.2) is 30.0 Å². The van der Waals surface area contributed by atoms with E-state index < -0.39 is 0 Å². The molecule has 0 saturated heterocycles. The van der Waals surface area contributed by atoms with Gasteiger partial charge in [0.2, 0.25) is 0 Å². The van der Waals surface area contributed by atoms with Gasteiger partial charge < -0.3 is 10.6 Å². The van der Waals surface area contributed by atoms with Crippen molar-refractivity contribution in [1.29, 1.82) is 0 Å². The van der Waals surface area contributed by atoms with Crippen LogP contribution in [0, 0.1) is 17.3 Å².